The molecule has 3 aromatic carbocycles. The van der Waals surface area contributed by atoms with E-state index in [-0.39, 0.29) is 17.9 Å². The molecule has 1 atom stereocenters. The van der Waals surface area contributed by atoms with Gasteiger partial charge in [-0.25, -0.2) is 0 Å². The molecule has 0 bridgehead atoms. The van der Waals surface area contributed by atoms with E-state index in [1.165, 1.54) is 0 Å². The molecule has 3 rings (SSSR count). The van der Waals surface area contributed by atoms with Gasteiger partial charge in [0.05, 0.1) is 0 Å². The van der Waals surface area contributed by atoms with Gasteiger partial charge in [0.15, 0.2) is 0 Å². The third-order valence-corrected chi connectivity index (χ3v) is 7.11. The maximum absolute atomic E-state index is 13.6. The maximum Gasteiger partial charge on any atom is 0.243 e. The summed E-state index contributed by atoms with van der Waals surface area (Å²) in [6.07, 6.45) is 1.57. The van der Waals surface area contributed by atoms with Crippen molar-refractivity contribution in [3.05, 3.63) is 101 Å². The lowest BCUT2D eigenvalue weighted by Crippen LogP contribution is -2.51. The summed E-state index contributed by atoms with van der Waals surface area (Å²) in [4.78, 5) is 29.9. The molecule has 0 spiro atoms. The second kappa shape index (κ2) is 14.1. The van der Waals surface area contributed by atoms with E-state index in [0.717, 1.165) is 33.8 Å². The predicted molar refractivity (Wildman–Crippen MR) is 150 cm³/mol. The zero-order chi connectivity index (χ0) is 25.9. The van der Waals surface area contributed by atoms with Gasteiger partial charge in [-0.1, -0.05) is 71.8 Å². The van der Waals surface area contributed by atoms with Crippen molar-refractivity contribution in [2.45, 2.75) is 63.6 Å². The number of hydrogen-bond acceptors (Lipinski definition) is 3. The van der Waals surface area contributed by atoms with Crippen molar-refractivity contribution < 1.29 is 9.59 Å². The highest BCUT2D eigenvalue weighted by molar-refractivity contribution is 7.99. The van der Waals surface area contributed by atoms with Crippen molar-refractivity contribution >= 4 is 35.2 Å². The maximum atomic E-state index is 13.6. The normalized spacial score (nSPS) is 11.8. The molecule has 0 unspecified atom stereocenters. The van der Waals surface area contributed by atoms with E-state index in [1.54, 1.807) is 16.7 Å². The summed E-state index contributed by atoms with van der Waals surface area (Å²) < 4.78 is 0. The highest BCUT2D eigenvalue weighted by Gasteiger charge is 2.30. The second-order valence-electron chi connectivity index (χ2n) is 9.29. The molecule has 36 heavy (non-hydrogen) atoms. The molecule has 0 saturated carbocycles. The Morgan fingerprint density at radius 3 is 2.31 bits per heavy atom. The van der Waals surface area contributed by atoms with Crippen LogP contribution in [0.2, 0.25) is 5.02 Å². The Balaban J connectivity index is 1.78. The van der Waals surface area contributed by atoms with Crippen molar-refractivity contribution in [3.63, 3.8) is 0 Å². The fourth-order valence-electron chi connectivity index (χ4n) is 4.03. The van der Waals surface area contributed by atoms with E-state index in [9.17, 15) is 9.59 Å². The van der Waals surface area contributed by atoms with Crippen LogP contribution in [-0.2, 0) is 22.6 Å². The second-order valence-corrected chi connectivity index (χ2v) is 10.9. The third kappa shape index (κ3) is 9.03. The number of carbonyl (C=O) groups is 2. The smallest absolute Gasteiger partial charge is 0.243 e. The van der Waals surface area contributed by atoms with Gasteiger partial charge in [-0.05, 0) is 68.3 Å². The Morgan fingerprint density at radius 2 is 1.64 bits per heavy atom. The largest absolute Gasteiger partial charge is 0.352 e. The summed E-state index contributed by atoms with van der Waals surface area (Å²) in [5.74, 6) is 0.686. The Morgan fingerprint density at radius 1 is 0.944 bits per heavy atom. The molecule has 2 amide bonds. The fraction of sp³-hybridized carbons (Fsp3) is 0.333. The van der Waals surface area contributed by atoms with E-state index < -0.39 is 6.04 Å². The molecule has 3 aromatic rings. The van der Waals surface area contributed by atoms with Gasteiger partial charge in [0.25, 0.3) is 0 Å². The number of benzene rings is 3. The van der Waals surface area contributed by atoms with Crippen LogP contribution in [0.15, 0.2) is 83.8 Å². The number of amides is 2. The van der Waals surface area contributed by atoms with Crippen LogP contribution in [0.25, 0.3) is 0 Å². The average molecular weight is 523 g/mol. The average Bonchev–Trinajstić information content (AvgIpc) is 2.85. The van der Waals surface area contributed by atoms with Gasteiger partial charge in [0.1, 0.15) is 6.04 Å². The number of rotatable bonds is 12. The van der Waals surface area contributed by atoms with Crippen LogP contribution in [0.1, 0.15) is 43.4 Å². The molecule has 0 fully saturated rings. The minimum Gasteiger partial charge on any atom is -0.352 e. The Hall–Kier alpha value is -2.76. The summed E-state index contributed by atoms with van der Waals surface area (Å²) in [7, 11) is 0. The van der Waals surface area contributed by atoms with Crippen LogP contribution >= 0.6 is 23.4 Å². The lowest BCUT2D eigenvalue weighted by molar-refractivity contribution is -0.141. The van der Waals surface area contributed by atoms with E-state index in [2.05, 4.69) is 11.4 Å². The topological polar surface area (TPSA) is 49.4 Å². The molecule has 6 heteroatoms. The quantitative estimate of drug-likeness (QED) is 0.213. The number of hydrogen-bond donors (Lipinski definition) is 1. The SMILES string of the molecule is Cc1cccc(CN(C(=O)CCCSc2ccc(Cl)cc2)[C@H](Cc2ccccc2)C(=O)NC(C)C)c1. The monoisotopic (exact) mass is 522 g/mol. The number of nitrogens with zero attached hydrogens (tertiary/aromatic N) is 1. The molecule has 0 aromatic heterocycles. The van der Waals surface area contributed by atoms with Gasteiger partial charge in [0.2, 0.25) is 11.8 Å². The standard InChI is InChI=1S/C30H35ClN2O2S/c1-22(2)32-30(35)28(20-24-10-5-4-6-11-24)33(21-25-12-7-9-23(3)19-25)29(34)13-8-18-36-27-16-14-26(31)15-17-27/h4-7,9-12,14-17,19,22,28H,8,13,18,20-21H2,1-3H3,(H,32,35)/t28-/m1/s1. The Kier molecular flexibility index (Phi) is 10.9. The minimum atomic E-state index is -0.591. The van der Waals surface area contributed by atoms with Gasteiger partial charge in [-0.2, -0.15) is 0 Å². The Bertz CT molecular complexity index is 1120. The molecule has 0 radical (unpaired) electrons. The number of carbonyl (C=O) groups excluding carboxylic acids is 2. The predicted octanol–water partition coefficient (Wildman–Crippen LogP) is 6.69. The summed E-state index contributed by atoms with van der Waals surface area (Å²) in [5, 5.41) is 3.75. The van der Waals surface area contributed by atoms with Crippen LogP contribution < -0.4 is 5.32 Å². The molecule has 0 aliphatic rings. The molecular formula is C30H35ClN2O2S. The van der Waals surface area contributed by atoms with E-state index in [4.69, 9.17) is 11.6 Å². The van der Waals surface area contributed by atoms with Crippen LogP contribution in [0.5, 0.6) is 0 Å². The lowest BCUT2D eigenvalue weighted by atomic mass is 10.0. The highest BCUT2D eigenvalue weighted by atomic mass is 35.5. The van der Waals surface area contributed by atoms with Crippen LogP contribution in [-0.4, -0.2) is 34.6 Å². The summed E-state index contributed by atoms with van der Waals surface area (Å²) >= 11 is 7.68. The first kappa shape index (κ1) is 27.8. The number of aryl methyl sites for hydroxylation is 1. The summed E-state index contributed by atoms with van der Waals surface area (Å²) in [6.45, 7) is 6.32. The first-order valence-corrected chi connectivity index (χ1v) is 13.8. The van der Waals surface area contributed by atoms with Crippen LogP contribution in [0, 0.1) is 6.92 Å². The van der Waals surface area contributed by atoms with Crippen molar-refractivity contribution in [1.82, 2.24) is 10.2 Å². The van der Waals surface area contributed by atoms with Crippen molar-refractivity contribution in [2.75, 3.05) is 5.75 Å². The van der Waals surface area contributed by atoms with Gasteiger partial charge in [-0.3, -0.25) is 9.59 Å². The van der Waals surface area contributed by atoms with E-state index in [1.807, 2.05) is 93.6 Å². The number of thioether (sulfide) groups is 1. The van der Waals surface area contributed by atoms with Crippen molar-refractivity contribution in [1.29, 1.82) is 0 Å². The van der Waals surface area contributed by atoms with Gasteiger partial charge in [-0.15, -0.1) is 11.8 Å². The fourth-order valence-corrected chi connectivity index (χ4v) is 5.01. The lowest BCUT2D eigenvalue weighted by Gasteiger charge is -2.32. The Labute approximate surface area is 224 Å². The summed E-state index contributed by atoms with van der Waals surface area (Å²) in [5.41, 5.74) is 3.18. The van der Waals surface area contributed by atoms with E-state index in [0.29, 0.717) is 24.4 Å². The molecule has 0 saturated heterocycles. The molecule has 0 heterocycles. The molecule has 1 N–H and O–H groups in total. The van der Waals surface area contributed by atoms with Crippen molar-refractivity contribution in [3.8, 4) is 0 Å². The van der Waals surface area contributed by atoms with Gasteiger partial charge >= 0.3 is 0 Å². The molecule has 0 aliphatic heterocycles. The summed E-state index contributed by atoms with van der Waals surface area (Å²) in [6, 6.07) is 25.2. The first-order valence-electron chi connectivity index (χ1n) is 12.4. The highest BCUT2D eigenvalue weighted by Crippen LogP contribution is 2.22. The zero-order valence-electron chi connectivity index (χ0n) is 21.2. The minimum absolute atomic E-state index is 0.00644. The molecule has 4 nitrogen and oxygen atoms in total. The van der Waals surface area contributed by atoms with Crippen LogP contribution in [0.3, 0.4) is 0 Å². The molecule has 0 aliphatic carbocycles. The molecule has 190 valence electrons. The third-order valence-electron chi connectivity index (χ3n) is 5.75. The van der Waals surface area contributed by atoms with Gasteiger partial charge in [0, 0.05) is 35.3 Å². The first-order chi connectivity index (χ1) is 17.3. The van der Waals surface area contributed by atoms with E-state index >= 15 is 0 Å². The van der Waals surface area contributed by atoms with Crippen molar-refractivity contribution in [2.24, 2.45) is 0 Å². The van der Waals surface area contributed by atoms with Gasteiger partial charge < -0.3 is 10.2 Å². The number of nitrogens with one attached hydrogen (secondary N) is 1. The molecular weight excluding hydrogens is 488 g/mol. The zero-order valence-corrected chi connectivity index (χ0v) is 22.8. The number of halogens is 1. The van der Waals surface area contributed by atoms with Crippen LogP contribution in [0.4, 0.5) is 0 Å².